The van der Waals surface area contributed by atoms with Gasteiger partial charge < -0.3 is 14.3 Å². The first-order valence-electron chi connectivity index (χ1n) is 14.6. The van der Waals surface area contributed by atoms with Crippen LogP contribution < -0.4 is 4.74 Å². The number of benzene rings is 1. The van der Waals surface area contributed by atoms with Gasteiger partial charge in [-0.1, -0.05) is 66.7 Å². The summed E-state index contributed by atoms with van der Waals surface area (Å²) < 4.78 is 12.8. The Kier molecular flexibility index (Phi) is 11.1. The highest BCUT2D eigenvalue weighted by Crippen LogP contribution is 2.48. The van der Waals surface area contributed by atoms with Crippen molar-refractivity contribution in [3.8, 4) is 5.75 Å². The second kappa shape index (κ2) is 13.0. The van der Waals surface area contributed by atoms with Crippen LogP contribution in [-0.4, -0.2) is 32.6 Å². The van der Waals surface area contributed by atoms with Crippen molar-refractivity contribution < 1.29 is 19.1 Å². The Morgan fingerprint density at radius 2 is 1.54 bits per heavy atom. The molecule has 0 heterocycles. The van der Waals surface area contributed by atoms with Gasteiger partial charge in [-0.3, -0.25) is 0 Å². The second-order valence-electron chi connectivity index (χ2n) is 14.1. The van der Waals surface area contributed by atoms with E-state index in [1.807, 2.05) is 18.2 Å². The van der Waals surface area contributed by atoms with E-state index in [0.29, 0.717) is 12.2 Å². The summed E-state index contributed by atoms with van der Waals surface area (Å²) in [6, 6.07) is 4.64. The van der Waals surface area contributed by atoms with Gasteiger partial charge in [0.15, 0.2) is 8.32 Å². The smallest absolute Gasteiger partial charge is 0.328 e. The number of ether oxygens (including phenoxy) is 1. The summed E-state index contributed by atoms with van der Waals surface area (Å²) in [5.74, 6) is 0.0108. The monoisotopic (exact) mass is 554 g/mol. The second-order valence-corrected chi connectivity index (χ2v) is 18.9. The fourth-order valence-corrected chi connectivity index (χ4v) is 5.89. The van der Waals surface area contributed by atoms with Crippen LogP contribution in [0.1, 0.15) is 111 Å². The third-order valence-corrected chi connectivity index (χ3v) is 13.3. The fraction of sp³-hybridized carbons (Fsp3) is 0.618. The van der Waals surface area contributed by atoms with Gasteiger partial charge in [0.2, 0.25) is 0 Å². The molecule has 0 aromatic heterocycles. The first kappa shape index (κ1) is 33.1. The number of rotatable bonds is 12. The predicted molar refractivity (Wildman–Crippen MR) is 168 cm³/mol. The van der Waals surface area contributed by atoms with E-state index in [4.69, 9.17) is 14.3 Å². The van der Waals surface area contributed by atoms with Gasteiger partial charge in [0.05, 0.1) is 6.61 Å². The Balaban J connectivity index is 2.22. The van der Waals surface area contributed by atoms with Crippen molar-refractivity contribution in [2.75, 3.05) is 13.2 Å². The lowest BCUT2D eigenvalue weighted by molar-refractivity contribution is -0.131. The SMILES string of the molecule is C/C(=C/C=C/C(C)=C/C(=O)O)c1cc2c(cc1OCCCCCO[Si](C)(C)C(C)(C)C)C(C)(C)CCC2(C)C. The van der Waals surface area contributed by atoms with Crippen molar-refractivity contribution in [1.29, 1.82) is 0 Å². The van der Waals surface area contributed by atoms with E-state index in [9.17, 15) is 4.79 Å². The number of carboxylic acids is 1. The molecule has 218 valence electrons. The van der Waals surface area contributed by atoms with Crippen molar-refractivity contribution in [1.82, 2.24) is 0 Å². The molecule has 0 saturated heterocycles. The largest absolute Gasteiger partial charge is 0.493 e. The number of hydrogen-bond acceptors (Lipinski definition) is 3. The van der Waals surface area contributed by atoms with Crippen LogP contribution in [0.3, 0.4) is 0 Å². The molecule has 1 N–H and O–H groups in total. The van der Waals surface area contributed by atoms with Crippen LogP contribution >= 0.6 is 0 Å². The maximum absolute atomic E-state index is 10.9. The van der Waals surface area contributed by atoms with Crippen molar-refractivity contribution in [2.24, 2.45) is 0 Å². The van der Waals surface area contributed by atoms with E-state index in [0.717, 1.165) is 55.6 Å². The van der Waals surface area contributed by atoms with Crippen LogP contribution in [0.4, 0.5) is 0 Å². The summed E-state index contributed by atoms with van der Waals surface area (Å²) in [6.07, 6.45) is 12.5. The zero-order chi connectivity index (χ0) is 29.6. The molecule has 1 aliphatic carbocycles. The van der Waals surface area contributed by atoms with Gasteiger partial charge in [-0.25, -0.2) is 4.79 Å². The van der Waals surface area contributed by atoms with Crippen molar-refractivity contribution in [2.45, 2.75) is 123 Å². The minimum atomic E-state index is -1.69. The van der Waals surface area contributed by atoms with Crippen LogP contribution in [0.2, 0.25) is 18.1 Å². The Bertz CT molecular complexity index is 1100. The molecule has 4 nitrogen and oxygen atoms in total. The van der Waals surface area contributed by atoms with Gasteiger partial charge in [-0.15, -0.1) is 0 Å². The van der Waals surface area contributed by atoms with Gasteiger partial charge in [0.1, 0.15) is 5.75 Å². The number of fused-ring (bicyclic) bond motifs is 1. The molecule has 1 aromatic rings. The predicted octanol–water partition coefficient (Wildman–Crippen LogP) is 9.60. The van der Waals surface area contributed by atoms with Crippen molar-refractivity contribution >= 4 is 19.9 Å². The summed E-state index contributed by atoms with van der Waals surface area (Å²) in [7, 11) is -1.69. The lowest BCUT2D eigenvalue weighted by Gasteiger charge is -2.42. The number of aliphatic carboxylic acids is 1. The van der Waals surface area contributed by atoms with Crippen LogP contribution in [0.5, 0.6) is 5.75 Å². The molecule has 0 bridgehead atoms. The Morgan fingerprint density at radius 3 is 2.10 bits per heavy atom. The molecular weight excluding hydrogens is 500 g/mol. The minimum Gasteiger partial charge on any atom is -0.493 e. The molecule has 1 aromatic carbocycles. The van der Waals surface area contributed by atoms with E-state index < -0.39 is 14.3 Å². The van der Waals surface area contributed by atoms with Crippen LogP contribution in [0.15, 0.2) is 42.0 Å². The van der Waals surface area contributed by atoms with Crippen LogP contribution in [0.25, 0.3) is 5.57 Å². The summed E-state index contributed by atoms with van der Waals surface area (Å²) in [5, 5.41) is 9.22. The lowest BCUT2D eigenvalue weighted by atomic mass is 9.62. The molecule has 0 spiro atoms. The zero-order valence-electron chi connectivity index (χ0n) is 26.6. The van der Waals surface area contributed by atoms with Gasteiger partial charge in [0, 0.05) is 18.2 Å². The number of allylic oxidation sites excluding steroid dienone is 5. The minimum absolute atomic E-state index is 0.110. The standard InChI is InChI=1S/C34H54O4Si/c1-25(22-31(35)36)16-15-17-26(2)27-23-28-29(34(8,9)19-18-33(28,6)7)24-30(27)37-20-13-12-14-21-38-39(10,11)32(3,4)5/h15-17,22-24H,12-14,18-21H2,1-11H3,(H,35,36)/b16-15+,25-22+,26-17-. The van der Waals surface area contributed by atoms with Gasteiger partial charge >= 0.3 is 5.97 Å². The molecule has 0 fully saturated rings. The van der Waals surface area contributed by atoms with Crippen LogP contribution in [0, 0.1) is 0 Å². The fourth-order valence-electron chi connectivity index (χ4n) is 4.81. The molecule has 0 saturated carbocycles. The molecule has 0 unspecified atom stereocenters. The Hall–Kier alpha value is -2.11. The topological polar surface area (TPSA) is 55.8 Å². The highest BCUT2D eigenvalue weighted by molar-refractivity contribution is 6.74. The number of hydrogen-bond donors (Lipinski definition) is 1. The molecule has 0 aliphatic heterocycles. The first-order valence-corrected chi connectivity index (χ1v) is 17.5. The first-order chi connectivity index (χ1) is 17.9. The van der Waals surface area contributed by atoms with E-state index in [1.54, 1.807) is 6.92 Å². The highest BCUT2D eigenvalue weighted by Gasteiger charge is 2.38. The molecule has 0 atom stereocenters. The van der Waals surface area contributed by atoms with Gasteiger partial charge in [-0.2, -0.15) is 0 Å². The van der Waals surface area contributed by atoms with Gasteiger partial charge in [0.25, 0.3) is 0 Å². The lowest BCUT2D eigenvalue weighted by Crippen LogP contribution is -2.40. The molecule has 0 amide bonds. The highest BCUT2D eigenvalue weighted by atomic mass is 28.4. The van der Waals surface area contributed by atoms with Crippen molar-refractivity contribution in [3.05, 3.63) is 58.7 Å². The van der Waals surface area contributed by atoms with Gasteiger partial charge in [-0.05, 0) is 109 Å². The maximum atomic E-state index is 10.9. The third-order valence-electron chi connectivity index (χ3n) is 8.75. The zero-order valence-corrected chi connectivity index (χ0v) is 27.6. The van der Waals surface area contributed by atoms with E-state index >= 15 is 0 Å². The molecule has 5 heteroatoms. The summed E-state index contributed by atoms with van der Waals surface area (Å²) in [4.78, 5) is 10.9. The summed E-state index contributed by atoms with van der Waals surface area (Å²) >= 11 is 0. The molecule has 1 aliphatic rings. The third kappa shape index (κ3) is 9.21. The Labute approximate surface area is 239 Å². The average molecular weight is 555 g/mol. The number of unbranched alkanes of at least 4 members (excludes halogenated alkanes) is 2. The Morgan fingerprint density at radius 1 is 0.974 bits per heavy atom. The maximum Gasteiger partial charge on any atom is 0.328 e. The molecule has 39 heavy (non-hydrogen) atoms. The summed E-state index contributed by atoms with van der Waals surface area (Å²) in [6.45, 7) is 26.3. The number of carbonyl (C=O) groups is 1. The summed E-state index contributed by atoms with van der Waals surface area (Å²) in [5.41, 5.74) is 5.94. The van der Waals surface area contributed by atoms with E-state index in [-0.39, 0.29) is 15.9 Å². The van der Waals surface area contributed by atoms with E-state index in [2.05, 4.69) is 80.6 Å². The van der Waals surface area contributed by atoms with Crippen LogP contribution in [-0.2, 0) is 20.1 Å². The molecule has 0 radical (unpaired) electrons. The quantitative estimate of drug-likeness (QED) is 0.121. The molecule has 2 rings (SSSR count). The van der Waals surface area contributed by atoms with Crippen molar-refractivity contribution in [3.63, 3.8) is 0 Å². The normalized spacial score (nSPS) is 17.8. The van der Waals surface area contributed by atoms with E-state index in [1.165, 1.54) is 17.2 Å². The molecular formula is C34H54O4Si. The average Bonchev–Trinajstić information content (AvgIpc) is 2.79. The number of carboxylic acid groups (broad SMARTS) is 1.